The molecule has 3 unspecified atom stereocenters. The van der Waals surface area contributed by atoms with E-state index < -0.39 is 0 Å². The summed E-state index contributed by atoms with van der Waals surface area (Å²) in [5, 5.41) is 10.4. The standard InChI is InChI=1S/C19H24N2O3/c1-12(2)23-15-9-10-16(17(22)11-15)18-19(13(3)20-21-18)24-14-7-5-4-6-8-14/h4-13,18-22H,1-3H3. The lowest BCUT2D eigenvalue weighted by atomic mass is 9.98. The van der Waals surface area contributed by atoms with Crippen LogP contribution in [0.3, 0.4) is 0 Å². The summed E-state index contributed by atoms with van der Waals surface area (Å²) in [7, 11) is 0. The molecule has 2 aromatic rings. The molecule has 5 nitrogen and oxygen atoms in total. The number of phenolic OH excluding ortho intramolecular Hbond substituents is 1. The van der Waals surface area contributed by atoms with Crippen molar-refractivity contribution in [2.75, 3.05) is 0 Å². The fourth-order valence-electron chi connectivity index (χ4n) is 2.89. The minimum absolute atomic E-state index is 0.0655. The van der Waals surface area contributed by atoms with Gasteiger partial charge < -0.3 is 14.6 Å². The van der Waals surface area contributed by atoms with Crippen molar-refractivity contribution in [1.29, 1.82) is 0 Å². The maximum Gasteiger partial charge on any atom is 0.136 e. The molecule has 3 rings (SSSR count). The van der Waals surface area contributed by atoms with E-state index in [2.05, 4.69) is 10.9 Å². The van der Waals surface area contributed by atoms with Crippen LogP contribution in [0.2, 0.25) is 0 Å². The highest BCUT2D eigenvalue weighted by Crippen LogP contribution is 2.34. The Morgan fingerprint density at radius 2 is 1.75 bits per heavy atom. The predicted octanol–water partition coefficient (Wildman–Crippen LogP) is 3.16. The van der Waals surface area contributed by atoms with E-state index in [-0.39, 0.29) is 30.0 Å². The number of rotatable bonds is 5. The van der Waals surface area contributed by atoms with Crippen LogP contribution in [-0.4, -0.2) is 23.4 Å². The Labute approximate surface area is 142 Å². The van der Waals surface area contributed by atoms with E-state index in [9.17, 15) is 5.11 Å². The van der Waals surface area contributed by atoms with E-state index in [1.807, 2.05) is 63.2 Å². The van der Waals surface area contributed by atoms with Gasteiger partial charge in [-0.1, -0.05) is 18.2 Å². The number of benzene rings is 2. The number of hydrazine groups is 1. The minimum Gasteiger partial charge on any atom is -0.507 e. The number of ether oxygens (including phenoxy) is 2. The summed E-state index contributed by atoms with van der Waals surface area (Å²) in [6.07, 6.45) is -0.0779. The van der Waals surface area contributed by atoms with Crippen LogP contribution >= 0.6 is 0 Å². The Bertz CT molecular complexity index is 676. The molecular weight excluding hydrogens is 304 g/mol. The fourth-order valence-corrected chi connectivity index (χ4v) is 2.89. The SMILES string of the molecule is CC(C)Oc1ccc(C2NNC(C)C2Oc2ccccc2)c(O)c1. The van der Waals surface area contributed by atoms with Crippen LogP contribution in [0.1, 0.15) is 32.4 Å². The van der Waals surface area contributed by atoms with E-state index in [0.29, 0.717) is 5.75 Å². The van der Waals surface area contributed by atoms with Gasteiger partial charge in [0.05, 0.1) is 18.2 Å². The van der Waals surface area contributed by atoms with Crippen LogP contribution in [-0.2, 0) is 0 Å². The van der Waals surface area contributed by atoms with Gasteiger partial charge in [-0.05, 0) is 45.0 Å². The second kappa shape index (κ2) is 7.11. The highest BCUT2D eigenvalue weighted by molar-refractivity contribution is 5.42. The zero-order valence-corrected chi connectivity index (χ0v) is 14.2. The van der Waals surface area contributed by atoms with Gasteiger partial charge in [-0.25, -0.2) is 5.43 Å². The summed E-state index contributed by atoms with van der Waals surface area (Å²) in [4.78, 5) is 0. The molecule has 0 aliphatic carbocycles. The topological polar surface area (TPSA) is 62.8 Å². The molecule has 0 spiro atoms. The van der Waals surface area contributed by atoms with E-state index in [1.54, 1.807) is 6.07 Å². The number of nitrogens with one attached hydrogen (secondary N) is 2. The van der Waals surface area contributed by atoms with E-state index in [4.69, 9.17) is 9.47 Å². The van der Waals surface area contributed by atoms with Gasteiger partial charge in [0.2, 0.25) is 0 Å². The number of para-hydroxylation sites is 1. The molecule has 128 valence electrons. The number of hydrogen-bond acceptors (Lipinski definition) is 5. The van der Waals surface area contributed by atoms with Crippen molar-refractivity contribution in [2.24, 2.45) is 0 Å². The molecule has 0 aromatic heterocycles. The second-order valence-electron chi connectivity index (χ2n) is 6.34. The lowest BCUT2D eigenvalue weighted by Gasteiger charge is -2.24. The van der Waals surface area contributed by atoms with Gasteiger partial charge in [0.25, 0.3) is 0 Å². The molecular formula is C19H24N2O3. The lowest BCUT2D eigenvalue weighted by Crippen LogP contribution is -2.33. The maximum atomic E-state index is 10.4. The highest BCUT2D eigenvalue weighted by Gasteiger charge is 2.37. The zero-order chi connectivity index (χ0) is 17.1. The van der Waals surface area contributed by atoms with Crippen LogP contribution in [0.5, 0.6) is 17.2 Å². The molecule has 1 aliphatic heterocycles. The molecule has 24 heavy (non-hydrogen) atoms. The Balaban J connectivity index is 1.82. The first-order chi connectivity index (χ1) is 11.5. The average molecular weight is 328 g/mol. The monoisotopic (exact) mass is 328 g/mol. The van der Waals surface area contributed by atoms with Crippen LogP contribution in [0, 0.1) is 0 Å². The van der Waals surface area contributed by atoms with E-state index in [0.717, 1.165) is 11.3 Å². The fraction of sp³-hybridized carbons (Fsp3) is 0.368. The van der Waals surface area contributed by atoms with Crippen LogP contribution in [0.4, 0.5) is 0 Å². The molecule has 5 heteroatoms. The van der Waals surface area contributed by atoms with Crippen molar-refractivity contribution in [3.63, 3.8) is 0 Å². The molecule has 0 amide bonds. The average Bonchev–Trinajstić information content (AvgIpc) is 2.89. The highest BCUT2D eigenvalue weighted by atomic mass is 16.5. The lowest BCUT2D eigenvalue weighted by molar-refractivity contribution is 0.170. The van der Waals surface area contributed by atoms with Gasteiger partial charge in [-0.2, -0.15) is 0 Å². The first-order valence-electron chi connectivity index (χ1n) is 8.27. The third-order valence-corrected chi connectivity index (χ3v) is 4.01. The van der Waals surface area contributed by atoms with Crippen molar-refractivity contribution < 1.29 is 14.6 Å². The van der Waals surface area contributed by atoms with E-state index in [1.165, 1.54) is 0 Å². The molecule has 0 saturated carbocycles. The molecule has 1 fully saturated rings. The number of hydrogen-bond donors (Lipinski definition) is 3. The Morgan fingerprint density at radius 1 is 1.00 bits per heavy atom. The third kappa shape index (κ3) is 3.63. The normalized spacial score (nSPS) is 23.4. The number of aromatic hydroxyl groups is 1. The molecule has 1 heterocycles. The molecule has 3 atom stereocenters. The predicted molar refractivity (Wildman–Crippen MR) is 93.2 cm³/mol. The van der Waals surface area contributed by atoms with Crippen molar-refractivity contribution in [3.8, 4) is 17.2 Å². The van der Waals surface area contributed by atoms with Gasteiger partial charge in [0.1, 0.15) is 23.4 Å². The van der Waals surface area contributed by atoms with E-state index >= 15 is 0 Å². The largest absolute Gasteiger partial charge is 0.507 e. The second-order valence-corrected chi connectivity index (χ2v) is 6.34. The molecule has 0 bridgehead atoms. The Hall–Kier alpha value is -2.24. The first-order valence-corrected chi connectivity index (χ1v) is 8.27. The van der Waals surface area contributed by atoms with Gasteiger partial charge in [0.15, 0.2) is 0 Å². The van der Waals surface area contributed by atoms with Crippen molar-refractivity contribution in [2.45, 2.75) is 45.1 Å². The smallest absolute Gasteiger partial charge is 0.136 e. The molecule has 1 saturated heterocycles. The van der Waals surface area contributed by atoms with Gasteiger partial charge in [-0.3, -0.25) is 5.43 Å². The Morgan fingerprint density at radius 3 is 2.42 bits per heavy atom. The van der Waals surface area contributed by atoms with Crippen molar-refractivity contribution in [1.82, 2.24) is 10.9 Å². The summed E-state index contributed by atoms with van der Waals surface area (Å²) in [5.74, 6) is 1.66. The minimum atomic E-state index is -0.159. The van der Waals surface area contributed by atoms with Crippen molar-refractivity contribution >= 4 is 0 Å². The first kappa shape index (κ1) is 16.6. The van der Waals surface area contributed by atoms with Crippen molar-refractivity contribution in [3.05, 3.63) is 54.1 Å². The van der Waals surface area contributed by atoms with Gasteiger partial charge >= 0.3 is 0 Å². The maximum absolute atomic E-state index is 10.4. The van der Waals surface area contributed by atoms with Gasteiger partial charge in [0, 0.05) is 11.6 Å². The molecule has 2 aromatic carbocycles. The summed E-state index contributed by atoms with van der Waals surface area (Å²) < 4.78 is 11.8. The third-order valence-electron chi connectivity index (χ3n) is 4.01. The summed E-state index contributed by atoms with van der Waals surface area (Å²) in [6.45, 7) is 5.96. The van der Waals surface area contributed by atoms with Crippen LogP contribution in [0.25, 0.3) is 0 Å². The zero-order valence-electron chi connectivity index (χ0n) is 14.2. The summed E-state index contributed by atoms with van der Waals surface area (Å²) in [5.41, 5.74) is 7.19. The molecule has 0 radical (unpaired) electrons. The summed E-state index contributed by atoms with van der Waals surface area (Å²) in [6, 6.07) is 15.1. The molecule has 1 aliphatic rings. The van der Waals surface area contributed by atoms with Crippen LogP contribution in [0.15, 0.2) is 48.5 Å². The quantitative estimate of drug-likeness (QED) is 0.787. The van der Waals surface area contributed by atoms with Crippen LogP contribution < -0.4 is 20.3 Å². The summed E-state index contributed by atoms with van der Waals surface area (Å²) >= 11 is 0. The van der Waals surface area contributed by atoms with Gasteiger partial charge in [-0.15, -0.1) is 0 Å². The Kier molecular flexibility index (Phi) is 4.92. The number of phenols is 1. The molecule has 3 N–H and O–H groups in total.